The second kappa shape index (κ2) is 6.02. The summed E-state index contributed by atoms with van der Waals surface area (Å²) in [6.45, 7) is 3.91. The topological polar surface area (TPSA) is 75.3 Å². The number of amides is 1. The van der Waals surface area contributed by atoms with Crippen LogP contribution in [0.4, 0.5) is 5.69 Å². The predicted molar refractivity (Wildman–Crippen MR) is 71.9 cm³/mol. The fourth-order valence-electron chi connectivity index (χ4n) is 1.39. The van der Waals surface area contributed by atoms with Gasteiger partial charge >= 0.3 is 0 Å². The van der Waals surface area contributed by atoms with E-state index in [1.807, 2.05) is 6.92 Å². The molecule has 1 unspecified atom stereocenters. The van der Waals surface area contributed by atoms with Crippen molar-refractivity contribution < 1.29 is 9.90 Å². The van der Waals surface area contributed by atoms with Crippen LogP contribution in [-0.4, -0.2) is 23.7 Å². The van der Waals surface area contributed by atoms with Gasteiger partial charge in [-0.1, -0.05) is 22.9 Å². The minimum absolute atomic E-state index is 0.219. The van der Waals surface area contributed by atoms with Crippen LogP contribution >= 0.6 is 15.9 Å². The molecule has 1 rings (SSSR count). The van der Waals surface area contributed by atoms with Crippen LogP contribution in [0.1, 0.15) is 29.3 Å². The Bertz CT molecular complexity index is 421. The lowest BCUT2D eigenvalue weighted by molar-refractivity contribution is 0.0913. The maximum Gasteiger partial charge on any atom is 0.251 e. The number of halogens is 1. The summed E-state index contributed by atoms with van der Waals surface area (Å²) in [6.07, 6.45) is 0.101. The molecule has 0 aliphatic rings. The Kier molecular flexibility index (Phi) is 4.96. The largest absolute Gasteiger partial charge is 0.398 e. The molecule has 1 atom stereocenters. The number of nitrogens with two attached hydrogens (primary N) is 1. The van der Waals surface area contributed by atoms with Crippen LogP contribution in [0.3, 0.4) is 0 Å². The van der Waals surface area contributed by atoms with E-state index in [0.717, 1.165) is 10.0 Å². The van der Waals surface area contributed by atoms with Gasteiger partial charge in [0.25, 0.3) is 5.91 Å². The van der Waals surface area contributed by atoms with E-state index in [0.29, 0.717) is 17.7 Å². The summed E-state index contributed by atoms with van der Waals surface area (Å²) in [6, 6.07) is 3.48. The minimum atomic E-state index is -0.510. The Morgan fingerprint density at radius 1 is 1.59 bits per heavy atom. The number of nitrogen functional groups attached to an aromatic ring is 1. The van der Waals surface area contributed by atoms with Crippen LogP contribution in [0.25, 0.3) is 0 Å². The summed E-state index contributed by atoms with van der Waals surface area (Å²) >= 11 is 3.30. The van der Waals surface area contributed by atoms with Crippen molar-refractivity contribution >= 4 is 27.5 Å². The zero-order valence-electron chi connectivity index (χ0n) is 9.96. The Morgan fingerprint density at radius 3 is 2.82 bits per heavy atom. The molecule has 17 heavy (non-hydrogen) atoms. The van der Waals surface area contributed by atoms with Crippen molar-refractivity contribution in [3.05, 3.63) is 27.7 Å². The highest BCUT2D eigenvalue weighted by Crippen LogP contribution is 2.22. The van der Waals surface area contributed by atoms with Gasteiger partial charge in [-0.2, -0.15) is 0 Å². The Labute approximate surface area is 109 Å². The molecule has 0 saturated carbocycles. The molecular formula is C12H17BrN2O2. The number of hydrogen-bond acceptors (Lipinski definition) is 3. The molecule has 0 spiro atoms. The second-order valence-corrected chi connectivity index (χ2v) is 4.86. The van der Waals surface area contributed by atoms with Crippen molar-refractivity contribution in [2.75, 3.05) is 12.3 Å². The van der Waals surface area contributed by atoms with E-state index in [1.165, 1.54) is 0 Å². The molecule has 1 aromatic rings. The number of rotatable bonds is 4. The number of aliphatic hydroxyl groups excluding tert-OH is 1. The summed E-state index contributed by atoms with van der Waals surface area (Å²) in [5.41, 5.74) is 7.63. The van der Waals surface area contributed by atoms with Gasteiger partial charge in [-0.15, -0.1) is 0 Å². The van der Waals surface area contributed by atoms with Crippen molar-refractivity contribution in [3.8, 4) is 0 Å². The molecule has 0 aromatic heterocycles. The van der Waals surface area contributed by atoms with E-state index in [-0.39, 0.29) is 12.5 Å². The third-order valence-corrected chi connectivity index (χ3v) is 3.08. The van der Waals surface area contributed by atoms with Crippen LogP contribution in [0.5, 0.6) is 0 Å². The molecule has 0 heterocycles. The molecule has 0 bridgehead atoms. The van der Waals surface area contributed by atoms with E-state index in [4.69, 9.17) is 5.73 Å². The van der Waals surface area contributed by atoms with Crippen LogP contribution in [-0.2, 0) is 0 Å². The average molecular weight is 301 g/mol. The van der Waals surface area contributed by atoms with Crippen LogP contribution < -0.4 is 11.1 Å². The van der Waals surface area contributed by atoms with E-state index in [1.54, 1.807) is 19.1 Å². The Hall–Kier alpha value is -1.07. The summed E-state index contributed by atoms with van der Waals surface area (Å²) in [7, 11) is 0. The number of benzene rings is 1. The molecular weight excluding hydrogens is 284 g/mol. The monoisotopic (exact) mass is 300 g/mol. The standard InChI is InChI=1S/C12H17BrN2O2/c1-3-9(16)6-15-12(17)10-4-8(13)5-11(14)7(10)2/h4-5,9,16H,3,6,14H2,1-2H3,(H,15,17). The third kappa shape index (κ3) is 3.71. The number of carbonyl (C=O) groups excluding carboxylic acids is 1. The van der Waals surface area contributed by atoms with Gasteiger partial charge in [0.15, 0.2) is 0 Å². The number of anilines is 1. The zero-order chi connectivity index (χ0) is 13.0. The smallest absolute Gasteiger partial charge is 0.251 e. The molecule has 5 heteroatoms. The van der Waals surface area contributed by atoms with Crippen LogP contribution in [0.2, 0.25) is 0 Å². The first-order valence-electron chi connectivity index (χ1n) is 5.47. The summed E-state index contributed by atoms with van der Waals surface area (Å²) in [4.78, 5) is 11.9. The number of hydrogen-bond donors (Lipinski definition) is 3. The maximum atomic E-state index is 11.9. The van der Waals surface area contributed by atoms with E-state index >= 15 is 0 Å². The van der Waals surface area contributed by atoms with E-state index < -0.39 is 6.10 Å². The van der Waals surface area contributed by atoms with Gasteiger partial charge in [0.2, 0.25) is 0 Å². The number of aliphatic hydroxyl groups is 1. The quantitative estimate of drug-likeness (QED) is 0.743. The highest BCUT2D eigenvalue weighted by atomic mass is 79.9. The average Bonchev–Trinajstić information content (AvgIpc) is 2.30. The van der Waals surface area contributed by atoms with Gasteiger partial charge in [0, 0.05) is 22.3 Å². The van der Waals surface area contributed by atoms with Crippen molar-refractivity contribution in [2.24, 2.45) is 0 Å². The van der Waals surface area contributed by atoms with Gasteiger partial charge in [0.1, 0.15) is 0 Å². The molecule has 0 fully saturated rings. The number of carbonyl (C=O) groups is 1. The maximum absolute atomic E-state index is 11.9. The molecule has 0 aliphatic carbocycles. The summed E-state index contributed by atoms with van der Waals surface area (Å²) in [5.74, 6) is -0.219. The first-order valence-corrected chi connectivity index (χ1v) is 6.26. The molecule has 0 aliphatic heterocycles. The highest BCUT2D eigenvalue weighted by Gasteiger charge is 2.13. The first-order chi connectivity index (χ1) is 7.95. The first kappa shape index (κ1) is 14.0. The lowest BCUT2D eigenvalue weighted by Crippen LogP contribution is -2.32. The lowest BCUT2D eigenvalue weighted by atomic mass is 10.1. The minimum Gasteiger partial charge on any atom is -0.398 e. The van der Waals surface area contributed by atoms with Gasteiger partial charge in [-0.05, 0) is 31.0 Å². The summed E-state index contributed by atoms with van der Waals surface area (Å²) in [5, 5.41) is 12.1. The van der Waals surface area contributed by atoms with Gasteiger partial charge in [0.05, 0.1) is 6.10 Å². The molecule has 0 radical (unpaired) electrons. The lowest BCUT2D eigenvalue weighted by Gasteiger charge is -2.12. The van der Waals surface area contributed by atoms with Crippen molar-refractivity contribution in [2.45, 2.75) is 26.4 Å². The zero-order valence-corrected chi connectivity index (χ0v) is 11.5. The molecule has 1 amide bonds. The molecule has 0 saturated heterocycles. The molecule has 94 valence electrons. The van der Waals surface area contributed by atoms with Gasteiger partial charge in [-0.3, -0.25) is 4.79 Å². The van der Waals surface area contributed by atoms with Crippen LogP contribution in [0.15, 0.2) is 16.6 Å². The fourth-order valence-corrected chi connectivity index (χ4v) is 1.86. The Morgan fingerprint density at radius 2 is 2.24 bits per heavy atom. The van der Waals surface area contributed by atoms with Crippen molar-refractivity contribution in [1.29, 1.82) is 0 Å². The third-order valence-electron chi connectivity index (χ3n) is 2.63. The molecule has 4 N–H and O–H groups in total. The molecule has 4 nitrogen and oxygen atoms in total. The summed E-state index contributed by atoms with van der Waals surface area (Å²) < 4.78 is 0.766. The fraction of sp³-hybridized carbons (Fsp3) is 0.417. The Balaban J connectivity index is 2.82. The SMILES string of the molecule is CCC(O)CNC(=O)c1cc(Br)cc(N)c1C. The van der Waals surface area contributed by atoms with Crippen molar-refractivity contribution in [3.63, 3.8) is 0 Å². The number of nitrogens with one attached hydrogen (secondary N) is 1. The van der Waals surface area contributed by atoms with Gasteiger partial charge < -0.3 is 16.2 Å². The van der Waals surface area contributed by atoms with Crippen molar-refractivity contribution in [1.82, 2.24) is 5.32 Å². The van der Waals surface area contributed by atoms with Crippen LogP contribution in [0, 0.1) is 6.92 Å². The normalized spacial score (nSPS) is 12.2. The van der Waals surface area contributed by atoms with E-state index in [9.17, 15) is 9.90 Å². The molecule has 1 aromatic carbocycles. The predicted octanol–water partition coefficient (Wildman–Crippen LogP) is 1.84. The highest BCUT2D eigenvalue weighted by molar-refractivity contribution is 9.10. The van der Waals surface area contributed by atoms with E-state index in [2.05, 4.69) is 21.2 Å². The second-order valence-electron chi connectivity index (χ2n) is 3.94. The van der Waals surface area contributed by atoms with Gasteiger partial charge in [-0.25, -0.2) is 0 Å².